The number of nitrogens with two attached hydrogens (primary N) is 1. The Morgan fingerprint density at radius 2 is 1.79 bits per heavy atom. The van der Waals surface area contributed by atoms with Crippen molar-refractivity contribution in [2.45, 2.75) is 38.1 Å². The molecule has 9 heteroatoms. The molecule has 1 saturated carbocycles. The van der Waals surface area contributed by atoms with Crippen molar-refractivity contribution >= 4 is 40.9 Å². The van der Waals surface area contributed by atoms with E-state index in [0.717, 1.165) is 12.8 Å². The first-order chi connectivity index (χ1) is 13.5. The predicted molar refractivity (Wildman–Crippen MR) is 103 cm³/mol. The fourth-order valence-electron chi connectivity index (χ4n) is 3.02. The number of aromatic nitrogens is 2. The number of imide groups is 1. The molecule has 0 radical (unpaired) electrons. The molecule has 28 heavy (non-hydrogen) atoms. The first kappa shape index (κ1) is 17.9. The van der Waals surface area contributed by atoms with Crippen molar-refractivity contribution in [3.63, 3.8) is 0 Å². The summed E-state index contributed by atoms with van der Waals surface area (Å²) in [4.78, 5) is 45.3. The van der Waals surface area contributed by atoms with Gasteiger partial charge in [0.05, 0.1) is 11.3 Å². The summed E-state index contributed by atoms with van der Waals surface area (Å²) in [5.41, 5.74) is 6.86. The van der Waals surface area contributed by atoms with Crippen LogP contribution in [0.1, 0.15) is 42.5 Å². The van der Waals surface area contributed by atoms with Gasteiger partial charge >= 0.3 is 0 Å². The van der Waals surface area contributed by atoms with E-state index in [9.17, 15) is 14.4 Å². The second kappa shape index (κ2) is 7.26. The lowest BCUT2D eigenvalue weighted by atomic mass is 10.1. The van der Waals surface area contributed by atoms with Gasteiger partial charge in [-0.3, -0.25) is 19.3 Å². The third-order valence-corrected chi connectivity index (χ3v) is 4.63. The van der Waals surface area contributed by atoms with Crippen molar-refractivity contribution < 1.29 is 14.4 Å². The largest absolute Gasteiger partial charge is 0.367 e. The van der Waals surface area contributed by atoms with Crippen molar-refractivity contribution in [2.75, 3.05) is 15.5 Å². The van der Waals surface area contributed by atoms with Gasteiger partial charge in [-0.05, 0) is 43.5 Å². The van der Waals surface area contributed by atoms with Crippen molar-refractivity contribution in [3.05, 3.63) is 36.0 Å². The van der Waals surface area contributed by atoms with Crippen molar-refractivity contribution in [2.24, 2.45) is 5.73 Å². The molecule has 0 spiro atoms. The summed E-state index contributed by atoms with van der Waals surface area (Å²) in [7, 11) is 0. The minimum Gasteiger partial charge on any atom is -0.367 e. The lowest BCUT2D eigenvalue weighted by Crippen LogP contribution is -2.40. The van der Waals surface area contributed by atoms with Gasteiger partial charge in [0.25, 0.3) is 5.91 Å². The fraction of sp³-hybridized carbons (Fsp3) is 0.316. The van der Waals surface area contributed by atoms with Gasteiger partial charge in [-0.15, -0.1) is 0 Å². The second-order valence-electron chi connectivity index (χ2n) is 6.89. The number of hydrogen-bond acceptors (Lipinski definition) is 7. The van der Waals surface area contributed by atoms with E-state index >= 15 is 0 Å². The van der Waals surface area contributed by atoms with Gasteiger partial charge in [0, 0.05) is 30.8 Å². The number of amides is 3. The molecular formula is C19H20N6O3. The van der Waals surface area contributed by atoms with E-state index in [1.807, 2.05) is 0 Å². The fourth-order valence-corrected chi connectivity index (χ4v) is 3.02. The van der Waals surface area contributed by atoms with Crippen LogP contribution in [0.5, 0.6) is 0 Å². The number of primary amides is 1. The SMILES string of the molecule is NC(=O)c1cnc(Nc2ccc(N3C(=O)CCCC3=O)cc2)nc1NC1CC1. The number of rotatable bonds is 6. The van der Waals surface area contributed by atoms with Crippen LogP contribution in [0.3, 0.4) is 0 Å². The summed E-state index contributed by atoms with van der Waals surface area (Å²) in [6, 6.07) is 7.18. The smallest absolute Gasteiger partial charge is 0.254 e. The van der Waals surface area contributed by atoms with Gasteiger partial charge in [-0.2, -0.15) is 4.98 Å². The molecule has 1 aromatic carbocycles. The number of piperidine rings is 1. The molecule has 2 aromatic rings. The van der Waals surface area contributed by atoms with E-state index in [-0.39, 0.29) is 17.4 Å². The molecule has 0 bridgehead atoms. The van der Waals surface area contributed by atoms with Crippen LogP contribution >= 0.6 is 0 Å². The lowest BCUT2D eigenvalue weighted by molar-refractivity contribution is -0.129. The minimum absolute atomic E-state index is 0.182. The standard InChI is InChI=1S/C19H20N6O3/c20-17(28)14-10-21-19(24-18(14)22-11-4-5-11)23-12-6-8-13(9-7-12)25-15(26)2-1-3-16(25)27/h6-11H,1-5H2,(H2,20,28)(H2,21,22,23,24). The highest BCUT2D eigenvalue weighted by atomic mass is 16.2. The third-order valence-electron chi connectivity index (χ3n) is 4.63. The van der Waals surface area contributed by atoms with Crippen molar-refractivity contribution in [1.29, 1.82) is 0 Å². The Hall–Kier alpha value is -3.49. The Labute approximate surface area is 161 Å². The Kier molecular flexibility index (Phi) is 4.64. The summed E-state index contributed by atoms with van der Waals surface area (Å²) in [6.45, 7) is 0. The molecule has 1 aliphatic carbocycles. The zero-order valence-electron chi connectivity index (χ0n) is 15.1. The van der Waals surface area contributed by atoms with Crippen LogP contribution in [0, 0.1) is 0 Å². The molecule has 4 N–H and O–H groups in total. The second-order valence-corrected chi connectivity index (χ2v) is 6.89. The van der Waals surface area contributed by atoms with Crippen LogP contribution in [-0.4, -0.2) is 33.7 Å². The van der Waals surface area contributed by atoms with Gasteiger partial charge in [0.2, 0.25) is 17.8 Å². The highest BCUT2D eigenvalue weighted by Crippen LogP contribution is 2.27. The zero-order valence-corrected chi connectivity index (χ0v) is 15.1. The maximum absolute atomic E-state index is 12.0. The molecular weight excluding hydrogens is 360 g/mol. The highest BCUT2D eigenvalue weighted by Gasteiger charge is 2.27. The van der Waals surface area contributed by atoms with Gasteiger partial charge in [-0.25, -0.2) is 4.98 Å². The Morgan fingerprint density at radius 3 is 2.39 bits per heavy atom. The Bertz CT molecular complexity index is 923. The topological polar surface area (TPSA) is 130 Å². The lowest BCUT2D eigenvalue weighted by Gasteiger charge is -2.25. The number of nitrogens with zero attached hydrogens (tertiary/aromatic N) is 3. The van der Waals surface area contributed by atoms with Crippen LogP contribution in [0.4, 0.5) is 23.1 Å². The number of nitrogens with one attached hydrogen (secondary N) is 2. The quantitative estimate of drug-likeness (QED) is 0.653. The van der Waals surface area contributed by atoms with Gasteiger partial charge in [0.1, 0.15) is 5.82 Å². The van der Waals surface area contributed by atoms with Crippen molar-refractivity contribution in [1.82, 2.24) is 9.97 Å². The molecule has 1 aliphatic heterocycles. The van der Waals surface area contributed by atoms with Crippen LogP contribution in [0.15, 0.2) is 30.5 Å². The first-order valence-corrected chi connectivity index (χ1v) is 9.17. The molecule has 0 atom stereocenters. The molecule has 2 fully saturated rings. The monoisotopic (exact) mass is 380 g/mol. The molecule has 144 valence electrons. The molecule has 0 unspecified atom stereocenters. The number of anilines is 4. The Morgan fingerprint density at radius 1 is 1.11 bits per heavy atom. The van der Waals surface area contributed by atoms with Crippen LogP contribution in [-0.2, 0) is 9.59 Å². The minimum atomic E-state index is -0.588. The van der Waals surface area contributed by atoms with Gasteiger partial charge in [-0.1, -0.05) is 0 Å². The van der Waals surface area contributed by atoms with Crippen LogP contribution < -0.4 is 21.3 Å². The molecule has 2 heterocycles. The molecule has 4 rings (SSSR count). The summed E-state index contributed by atoms with van der Waals surface area (Å²) in [5, 5.41) is 6.23. The normalized spacial score (nSPS) is 16.8. The van der Waals surface area contributed by atoms with E-state index in [4.69, 9.17) is 5.73 Å². The summed E-state index contributed by atoms with van der Waals surface area (Å²) >= 11 is 0. The summed E-state index contributed by atoms with van der Waals surface area (Å²) < 4.78 is 0. The third kappa shape index (κ3) is 3.78. The molecule has 9 nitrogen and oxygen atoms in total. The van der Waals surface area contributed by atoms with Crippen LogP contribution in [0.2, 0.25) is 0 Å². The van der Waals surface area contributed by atoms with Gasteiger partial charge in [0.15, 0.2) is 0 Å². The predicted octanol–water partition coefficient (Wildman–Crippen LogP) is 1.94. The Balaban J connectivity index is 1.52. The van der Waals surface area contributed by atoms with E-state index in [1.54, 1.807) is 24.3 Å². The number of benzene rings is 1. The number of hydrogen-bond donors (Lipinski definition) is 3. The molecule has 2 aliphatic rings. The van der Waals surface area contributed by atoms with Crippen molar-refractivity contribution in [3.8, 4) is 0 Å². The molecule has 1 aromatic heterocycles. The summed E-state index contributed by atoms with van der Waals surface area (Å²) in [5.74, 6) is -0.231. The van der Waals surface area contributed by atoms with E-state index in [0.29, 0.717) is 48.4 Å². The van der Waals surface area contributed by atoms with Crippen LogP contribution in [0.25, 0.3) is 0 Å². The molecule has 1 saturated heterocycles. The maximum atomic E-state index is 12.0. The molecule has 3 amide bonds. The van der Waals surface area contributed by atoms with E-state index in [1.165, 1.54) is 11.1 Å². The average molecular weight is 380 g/mol. The van der Waals surface area contributed by atoms with Gasteiger partial charge < -0.3 is 16.4 Å². The maximum Gasteiger partial charge on any atom is 0.254 e. The van der Waals surface area contributed by atoms with E-state index < -0.39 is 5.91 Å². The number of carbonyl (C=O) groups is 3. The summed E-state index contributed by atoms with van der Waals surface area (Å²) in [6.07, 6.45) is 4.80. The average Bonchev–Trinajstić information content (AvgIpc) is 3.47. The first-order valence-electron chi connectivity index (χ1n) is 9.17. The number of carbonyl (C=O) groups excluding carboxylic acids is 3. The zero-order chi connectivity index (χ0) is 19.7. The van der Waals surface area contributed by atoms with E-state index in [2.05, 4.69) is 20.6 Å². The highest BCUT2D eigenvalue weighted by molar-refractivity contribution is 6.16.